The summed E-state index contributed by atoms with van der Waals surface area (Å²) in [6.07, 6.45) is 3.45. The molecule has 1 atom stereocenters. The second kappa shape index (κ2) is 8.63. The van der Waals surface area contributed by atoms with Crippen molar-refractivity contribution in [1.82, 2.24) is 9.80 Å². The molecule has 1 saturated heterocycles. The number of hydrogen-bond acceptors (Lipinski definition) is 6. The first-order chi connectivity index (χ1) is 11.2. The van der Waals surface area contributed by atoms with Crippen molar-refractivity contribution in [2.45, 2.75) is 45.4 Å². The summed E-state index contributed by atoms with van der Waals surface area (Å²) >= 11 is 0. The highest BCUT2D eigenvalue weighted by Crippen LogP contribution is 2.17. The predicted octanol–water partition coefficient (Wildman–Crippen LogP) is 1.30. The monoisotopic (exact) mass is 337 g/mol. The predicted molar refractivity (Wildman–Crippen MR) is 92.2 cm³/mol. The van der Waals surface area contributed by atoms with Crippen LogP contribution in [-0.2, 0) is 14.3 Å². The molecule has 1 heterocycles. The van der Waals surface area contributed by atoms with Gasteiger partial charge in [-0.2, -0.15) is 0 Å². The van der Waals surface area contributed by atoms with Gasteiger partial charge in [0.1, 0.15) is 5.82 Å². The van der Waals surface area contributed by atoms with Crippen LogP contribution in [0.2, 0.25) is 0 Å². The van der Waals surface area contributed by atoms with Gasteiger partial charge in [-0.25, -0.2) is 4.99 Å². The van der Waals surface area contributed by atoms with Gasteiger partial charge >= 0.3 is 5.97 Å². The van der Waals surface area contributed by atoms with Crippen molar-refractivity contribution in [1.29, 1.82) is 0 Å². The lowest BCUT2D eigenvalue weighted by Gasteiger charge is -2.40. The van der Waals surface area contributed by atoms with Crippen molar-refractivity contribution in [2.75, 3.05) is 19.6 Å². The molecule has 0 spiro atoms. The third-order valence-corrected chi connectivity index (χ3v) is 3.61. The van der Waals surface area contributed by atoms with E-state index >= 15 is 0 Å². The first kappa shape index (κ1) is 19.9. The molecule has 1 fully saturated rings. The zero-order chi connectivity index (χ0) is 18.3. The Morgan fingerprint density at radius 3 is 2.54 bits per heavy atom. The highest BCUT2D eigenvalue weighted by atomic mass is 16.7. The van der Waals surface area contributed by atoms with Crippen LogP contribution in [0, 0.1) is 0 Å². The van der Waals surface area contributed by atoms with E-state index in [1.165, 1.54) is 13.8 Å². The van der Waals surface area contributed by atoms with Crippen LogP contribution < -0.4 is 0 Å². The molecule has 134 valence electrons. The minimum absolute atomic E-state index is 0.00785. The van der Waals surface area contributed by atoms with Crippen molar-refractivity contribution in [3.63, 3.8) is 0 Å². The van der Waals surface area contributed by atoms with Gasteiger partial charge in [-0.3, -0.25) is 9.59 Å². The molecule has 1 amide bonds. The van der Waals surface area contributed by atoms with E-state index < -0.39 is 11.8 Å². The lowest BCUT2D eigenvalue weighted by Crippen LogP contribution is -2.53. The summed E-state index contributed by atoms with van der Waals surface area (Å²) in [6.45, 7) is 13.7. The second-order valence-electron chi connectivity index (χ2n) is 6.22. The number of hydrogen-bond donors (Lipinski definition) is 1. The van der Waals surface area contributed by atoms with Crippen LogP contribution >= 0.6 is 0 Å². The summed E-state index contributed by atoms with van der Waals surface area (Å²) in [5.74, 6) is -1.48. The van der Waals surface area contributed by atoms with Gasteiger partial charge in [0.2, 0.25) is 11.7 Å². The molecule has 1 N–H and O–H groups in total. The number of esters is 1. The van der Waals surface area contributed by atoms with Crippen molar-refractivity contribution in [3.05, 3.63) is 24.6 Å². The number of rotatable bonds is 7. The number of carbonyl (C=O) groups excluding carboxylic acids is 2. The highest BCUT2D eigenvalue weighted by molar-refractivity contribution is 5.81. The van der Waals surface area contributed by atoms with Gasteiger partial charge in [0.05, 0.1) is 6.42 Å². The van der Waals surface area contributed by atoms with Gasteiger partial charge in [0.15, 0.2) is 0 Å². The summed E-state index contributed by atoms with van der Waals surface area (Å²) in [6, 6.07) is -0.00785. The van der Waals surface area contributed by atoms with Gasteiger partial charge in [-0.05, 0) is 19.7 Å². The zero-order valence-electron chi connectivity index (χ0n) is 14.7. The van der Waals surface area contributed by atoms with E-state index in [2.05, 4.69) is 18.3 Å². The van der Waals surface area contributed by atoms with Gasteiger partial charge in [-0.1, -0.05) is 12.7 Å². The van der Waals surface area contributed by atoms with E-state index in [1.807, 2.05) is 11.8 Å². The summed E-state index contributed by atoms with van der Waals surface area (Å²) in [5.41, 5.74) is 0. The van der Waals surface area contributed by atoms with Crippen molar-refractivity contribution in [3.8, 4) is 0 Å². The van der Waals surface area contributed by atoms with Gasteiger partial charge in [-0.15, -0.1) is 0 Å². The van der Waals surface area contributed by atoms with Crippen molar-refractivity contribution < 1.29 is 19.4 Å². The number of amides is 1. The van der Waals surface area contributed by atoms with Crippen LogP contribution in [0.4, 0.5) is 0 Å². The Morgan fingerprint density at radius 1 is 1.38 bits per heavy atom. The minimum atomic E-state index is -1.52. The van der Waals surface area contributed by atoms with Crippen molar-refractivity contribution in [2.24, 2.45) is 4.99 Å². The fourth-order valence-electron chi connectivity index (χ4n) is 2.58. The molecule has 0 radical (unpaired) electrons. The smallest absolute Gasteiger partial charge is 0.308 e. The summed E-state index contributed by atoms with van der Waals surface area (Å²) in [5, 5.41) is 9.42. The van der Waals surface area contributed by atoms with E-state index in [9.17, 15) is 14.7 Å². The molecule has 0 unspecified atom stereocenters. The van der Waals surface area contributed by atoms with Crippen LogP contribution in [0.25, 0.3) is 0 Å². The standard InChI is InChI=1S/C17H27N3O4/c1-6-7-14(18-5)19-10-11-20(13(2)12-19)15(21)8-9-16(22)24-17(3,4)23/h6-7,13,23H,1,5,8-12H2,2-4H3/b14-7+/t13-/m1/s1. The molecule has 0 saturated carbocycles. The third-order valence-electron chi connectivity index (χ3n) is 3.61. The van der Waals surface area contributed by atoms with E-state index in [1.54, 1.807) is 17.1 Å². The second-order valence-corrected chi connectivity index (χ2v) is 6.22. The first-order valence-corrected chi connectivity index (χ1v) is 7.96. The van der Waals surface area contributed by atoms with E-state index in [0.29, 0.717) is 19.6 Å². The molecule has 1 aliphatic heterocycles. The highest BCUT2D eigenvalue weighted by Gasteiger charge is 2.28. The van der Waals surface area contributed by atoms with Crippen LogP contribution in [0.3, 0.4) is 0 Å². The zero-order valence-corrected chi connectivity index (χ0v) is 14.7. The molecule has 0 aromatic rings. The molecule has 7 nitrogen and oxygen atoms in total. The van der Waals surface area contributed by atoms with Crippen LogP contribution in [0.5, 0.6) is 0 Å². The Hall–Kier alpha value is -2.15. The average molecular weight is 337 g/mol. The maximum atomic E-state index is 12.3. The normalized spacial score (nSPS) is 19.0. The Balaban J connectivity index is 2.53. The van der Waals surface area contributed by atoms with Gasteiger partial charge < -0.3 is 19.6 Å². The molecule has 0 aromatic heterocycles. The fourth-order valence-corrected chi connectivity index (χ4v) is 2.58. The van der Waals surface area contributed by atoms with E-state index in [0.717, 1.165) is 5.82 Å². The molecule has 7 heteroatoms. The number of aliphatic imine (C=N–C) groups is 1. The quantitative estimate of drug-likeness (QED) is 0.328. The Kier molecular flexibility index (Phi) is 7.16. The van der Waals surface area contributed by atoms with E-state index in [4.69, 9.17) is 4.74 Å². The molecule has 0 aliphatic carbocycles. The molecule has 1 aliphatic rings. The number of ether oxygens (including phenoxy) is 1. The number of allylic oxidation sites excluding steroid dienone is 2. The molecule has 0 aromatic carbocycles. The Labute approximate surface area is 143 Å². The Bertz CT molecular complexity index is 522. The topological polar surface area (TPSA) is 82.4 Å². The van der Waals surface area contributed by atoms with Gasteiger partial charge in [0, 0.05) is 45.9 Å². The number of carbonyl (C=O) groups is 2. The first-order valence-electron chi connectivity index (χ1n) is 7.96. The maximum absolute atomic E-state index is 12.3. The average Bonchev–Trinajstić information content (AvgIpc) is 2.48. The van der Waals surface area contributed by atoms with Crippen LogP contribution in [0.1, 0.15) is 33.6 Å². The summed E-state index contributed by atoms with van der Waals surface area (Å²) in [4.78, 5) is 31.7. The molecular formula is C17H27N3O4. The largest absolute Gasteiger partial charge is 0.434 e. The molecule has 24 heavy (non-hydrogen) atoms. The fraction of sp³-hybridized carbons (Fsp3) is 0.588. The van der Waals surface area contributed by atoms with Crippen LogP contribution in [-0.4, -0.2) is 65.0 Å². The van der Waals surface area contributed by atoms with E-state index in [-0.39, 0.29) is 24.8 Å². The molecule has 0 bridgehead atoms. The Morgan fingerprint density at radius 2 is 2.04 bits per heavy atom. The SMILES string of the molecule is C=C/C=C(\N=C)N1CCN(C(=O)CCC(=O)OC(C)(C)O)[C@H](C)C1. The number of nitrogens with zero attached hydrogens (tertiary/aromatic N) is 3. The lowest BCUT2D eigenvalue weighted by molar-refractivity contribution is -0.195. The minimum Gasteiger partial charge on any atom is -0.434 e. The third kappa shape index (κ3) is 6.16. The summed E-state index contributed by atoms with van der Waals surface area (Å²) < 4.78 is 4.79. The van der Waals surface area contributed by atoms with Crippen LogP contribution in [0.15, 0.2) is 29.5 Å². The molecular weight excluding hydrogens is 310 g/mol. The molecule has 1 rings (SSSR count). The van der Waals surface area contributed by atoms with Gasteiger partial charge in [0.25, 0.3) is 0 Å². The maximum Gasteiger partial charge on any atom is 0.308 e. The van der Waals surface area contributed by atoms with Crippen molar-refractivity contribution >= 4 is 18.6 Å². The summed E-state index contributed by atoms with van der Waals surface area (Å²) in [7, 11) is 0. The number of aliphatic hydroxyl groups is 1. The number of piperazine rings is 1. The lowest BCUT2D eigenvalue weighted by atomic mass is 10.1.